The summed E-state index contributed by atoms with van der Waals surface area (Å²) in [7, 11) is 0. The summed E-state index contributed by atoms with van der Waals surface area (Å²) in [6.07, 6.45) is 7.41. The molecule has 1 aliphatic carbocycles. The fourth-order valence-corrected chi connectivity index (χ4v) is 3.20. The Morgan fingerprint density at radius 1 is 1.17 bits per heavy atom. The Balaban J connectivity index is 2.00. The Morgan fingerprint density at radius 3 is 2.25 bits per heavy atom. The molecule has 1 heterocycles. The third kappa shape index (κ3) is 1.19. The molecule has 2 fully saturated rings. The van der Waals surface area contributed by atoms with Crippen LogP contribution in [0.4, 0.5) is 0 Å². The third-order valence-electron chi connectivity index (χ3n) is 3.85. The van der Waals surface area contributed by atoms with Gasteiger partial charge in [-0.15, -0.1) is 0 Å². The molecule has 2 aliphatic rings. The highest BCUT2D eigenvalue weighted by Gasteiger charge is 2.47. The molecule has 2 rings (SSSR count). The van der Waals surface area contributed by atoms with Crippen molar-refractivity contribution in [2.24, 2.45) is 11.3 Å². The number of nitrogens with one attached hydrogen (secondary N) is 1. The van der Waals surface area contributed by atoms with E-state index in [1.54, 1.807) is 0 Å². The summed E-state index contributed by atoms with van der Waals surface area (Å²) in [4.78, 5) is 0. The van der Waals surface area contributed by atoms with E-state index in [1.807, 2.05) is 0 Å². The van der Waals surface area contributed by atoms with Gasteiger partial charge in [0.2, 0.25) is 0 Å². The summed E-state index contributed by atoms with van der Waals surface area (Å²) in [6.45, 7) is 6.01. The van der Waals surface area contributed by atoms with Gasteiger partial charge in [0, 0.05) is 12.6 Å². The lowest BCUT2D eigenvalue weighted by Gasteiger charge is -2.55. The maximum Gasteiger partial charge on any atom is 0.0159 e. The fraction of sp³-hybridized carbons (Fsp3) is 1.00. The Morgan fingerprint density at radius 2 is 1.83 bits per heavy atom. The van der Waals surface area contributed by atoms with E-state index in [0.29, 0.717) is 0 Å². The predicted octanol–water partition coefficient (Wildman–Crippen LogP) is 2.56. The fourth-order valence-electron chi connectivity index (χ4n) is 3.20. The summed E-state index contributed by atoms with van der Waals surface area (Å²) in [5, 5.41) is 3.61. The Bertz CT molecular complexity index is 156. The van der Waals surface area contributed by atoms with Crippen LogP contribution < -0.4 is 5.32 Å². The maximum absolute atomic E-state index is 3.61. The van der Waals surface area contributed by atoms with Crippen LogP contribution in [0.15, 0.2) is 0 Å². The van der Waals surface area contributed by atoms with E-state index in [-0.39, 0.29) is 0 Å². The topological polar surface area (TPSA) is 12.0 Å². The highest BCUT2D eigenvalue weighted by Crippen LogP contribution is 2.45. The molecule has 0 radical (unpaired) electrons. The molecule has 0 amide bonds. The van der Waals surface area contributed by atoms with Crippen molar-refractivity contribution in [3.05, 3.63) is 0 Å². The van der Waals surface area contributed by atoms with Gasteiger partial charge in [0.05, 0.1) is 0 Å². The van der Waals surface area contributed by atoms with Gasteiger partial charge in [0.15, 0.2) is 0 Å². The summed E-state index contributed by atoms with van der Waals surface area (Å²) in [6, 6.07) is 0.831. The lowest BCUT2D eigenvalue weighted by Crippen LogP contribution is -2.65. The van der Waals surface area contributed by atoms with Crippen LogP contribution in [-0.2, 0) is 0 Å². The summed E-state index contributed by atoms with van der Waals surface area (Å²) in [5.41, 5.74) is 0.729. The van der Waals surface area contributed by atoms with E-state index >= 15 is 0 Å². The highest BCUT2D eigenvalue weighted by atomic mass is 15.0. The van der Waals surface area contributed by atoms with Gasteiger partial charge in [0.25, 0.3) is 0 Å². The minimum Gasteiger partial charge on any atom is -0.313 e. The Kier molecular flexibility index (Phi) is 2.16. The molecule has 1 N–H and O–H groups in total. The molecule has 1 saturated heterocycles. The van der Waals surface area contributed by atoms with Crippen molar-refractivity contribution >= 4 is 0 Å². The van der Waals surface area contributed by atoms with Gasteiger partial charge in [-0.05, 0) is 24.2 Å². The first kappa shape index (κ1) is 8.55. The van der Waals surface area contributed by atoms with Gasteiger partial charge in [-0.1, -0.05) is 33.1 Å². The SMILES string of the molecule is CC(C)C1NCC12CCCCC2. The first-order chi connectivity index (χ1) is 5.75. The molecule has 0 bridgehead atoms. The smallest absolute Gasteiger partial charge is 0.0159 e. The molecule has 0 aromatic carbocycles. The maximum atomic E-state index is 3.61. The molecule has 1 heteroatoms. The highest BCUT2D eigenvalue weighted by molar-refractivity contribution is 5.03. The van der Waals surface area contributed by atoms with Gasteiger partial charge in [0.1, 0.15) is 0 Å². The van der Waals surface area contributed by atoms with E-state index in [0.717, 1.165) is 17.4 Å². The zero-order chi connectivity index (χ0) is 8.60. The Hall–Kier alpha value is -0.0400. The van der Waals surface area contributed by atoms with E-state index < -0.39 is 0 Å². The molecule has 1 unspecified atom stereocenters. The van der Waals surface area contributed by atoms with Crippen molar-refractivity contribution in [3.63, 3.8) is 0 Å². The van der Waals surface area contributed by atoms with Gasteiger partial charge >= 0.3 is 0 Å². The first-order valence-electron chi connectivity index (χ1n) is 5.48. The summed E-state index contributed by atoms with van der Waals surface area (Å²) in [5.74, 6) is 0.830. The second kappa shape index (κ2) is 3.02. The van der Waals surface area contributed by atoms with E-state index in [4.69, 9.17) is 0 Å². The summed E-state index contributed by atoms with van der Waals surface area (Å²) >= 11 is 0. The van der Waals surface area contributed by atoms with Crippen LogP contribution in [0.25, 0.3) is 0 Å². The zero-order valence-electron chi connectivity index (χ0n) is 8.40. The molecular formula is C11H21N. The molecule has 12 heavy (non-hydrogen) atoms. The van der Waals surface area contributed by atoms with Crippen molar-refractivity contribution < 1.29 is 0 Å². The lowest BCUT2D eigenvalue weighted by molar-refractivity contribution is 0.0110. The van der Waals surface area contributed by atoms with Crippen LogP contribution >= 0.6 is 0 Å². The van der Waals surface area contributed by atoms with Crippen LogP contribution in [0.2, 0.25) is 0 Å². The van der Waals surface area contributed by atoms with Crippen LogP contribution in [0.1, 0.15) is 46.0 Å². The molecule has 1 atom stereocenters. The molecule has 1 saturated carbocycles. The van der Waals surface area contributed by atoms with Gasteiger partial charge in [-0.2, -0.15) is 0 Å². The van der Waals surface area contributed by atoms with Crippen LogP contribution in [0.3, 0.4) is 0 Å². The van der Waals surface area contributed by atoms with Crippen LogP contribution in [-0.4, -0.2) is 12.6 Å². The normalized spacial score (nSPS) is 33.8. The zero-order valence-corrected chi connectivity index (χ0v) is 8.40. The minimum absolute atomic E-state index is 0.729. The monoisotopic (exact) mass is 167 g/mol. The molecule has 1 spiro atoms. The van der Waals surface area contributed by atoms with E-state index in [2.05, 4.69) is 19.2 Å². The third-order valence-corrected chi connectivity index (χ3v) is 3.85. The number of rotatable bonds is 1. The van der Waals surface area contributed by atoms with Crippen LogP contribution in [0, 0.1) is 11.3 Å². The predicted molar refractivity (Wildman–Crippen MR) is 52.1 cm³/mol. The molecule has 70 valence electrons. The summed E-state index contributed by atoms with van der Waals surface area (Å²) < 4.78 is 0. The molecular weight excluding hydrogens is 146 g/mol. The molecule has 1 nitrogen and oxygen atoms in total. The second-order valence-corrected chi connectivity index (χ2v) is 5.03. The van der Waals surface area contributed by atoms with Crippen molar-refractivity contribution in [2.45, 2.75) is 52.0 Å². The molecule has 0 aromatic rings. The van der Waals surface area contributed by atoms with E-state index in [1.165, 1.54) is 38.6 Å². The van der Waals surface area contributed by atoms with Crippen molar-refractivity contribution in [1.29, 1.82) is 0 Å². The molecule has 0 aromatic heterocycles. The van der Waals surface area contributed by atoms with E-state index in [9.17, 15) is 0 Å². The average molecular weight is 167 g/mol. The second-order valence-electron chi connectivity index (χ2n) is 5.03. The number of hydrogen-bond donors (Lipinski definition) is 1. The van der Waals surface area contributed by atoms with Crippen molar-refractivity contribution in [1.82, 2.24) is 5.32 Å². The number of hydrogen-bond acceptors (Lipinski definition) is 1. The van der Waals surface area contributed by atoms with Crippen LogP contribution in [0.5, 0.6) is 0 Å². The standard InChI is InChI=1S/C11H21N/c1-9(2)10-11(8-12-10)6-4-3-5-7-11/h9-10,12H,3-8H2,1-2H3. The van der Waals surface area contributed by atoms with Crippen molar-refractivity contribution in [3.8, 4) is 0 Å². The van der Waals surface area contributed by atoms with Gasteiger partial charge in [-0.3, -0.25) is 0 Å². The minimum atomic E-state index is 0.729. The first-order valence-corrected chi connectivity index (χ1v) is 5.48. The molecule has 1 aliphatic heterocycles. The van der Waals surface area contributed by atoms with Crippen molar-refractivity contribution in [2.75, 3.05) is 6.54 Å². The quantitative estimate of drug-likeness (QED) is 0.633. The van der Waals surface area contributed by atoms with Gasteiger partial charge < -0.3 is 5.32 Å². The average Bonchev–Trinajstić information content (AvgIpc) is 2.03. The Labute approximate surface area is 75.9 Å². The largest absolute Gasteiger partial charge is 0.313 e. The van der Waals surface area contributed by atoms with Gasteiger partial charge in [-0.25, -0.2) is 0 Å². The lowest BCUT2D eigenvalue weighted by atomic mass is 9.61.